The third-order valence-corrected chi connectivity index (χ3v) is 5.67. The SMILES string of the molecule is C[C@@H](Oc1ccc(F)cc1)C(=O)N1CCC[C@H](c2nc3ccc(F)cc3cc2C(N)=O)C1. The highest BCUT2D eigenvalue weighted by Gasteiger charge is 2.31. The van der Waals surface area contributed by atoms with Crippen LogP contribution in [-0.4, -0.2) is 40.9 Å². The summed E-state index contributed by atoms with van der Waals surface area (Å²) in [6.07, 6.45) is 0.695. The number of aromatic nitrogens is 1. The number of carbonyl (C=O) groups excluding carboxylic acids is 2. The van der Waals surface area contributed by atoms with Crippen molar-refractivity contribution in [2.24, 2.45) is 5.73 Å². The van der Waals surface area contributed by atoms with Crippen LogP contribution in [0.4, 0.5) is 8.78 Å². The standard InChI is InChI=1S/C24H23F2N3O3/c1-14(32-19-7-4-17(25)5-8-19)24(31)29-10-2-3-15(13-29)22-20(23(27)30)12-16-11-18(26)6-9-21(16)28-22/h4-9,11-12,14-15H,2-3,10,13H2,1H3,(H2,27,30)/t14-,15+/m1/s1. The van der Waals surface area contributed by atoms with Gasteiger partial charge in [-0.05, 0) is 68.3 Å². The fourth-order valence-electron chi connectivity index (χ4n) is 4.10. The van der Waals surface area contributed by atoms with Crippen molar-refractivity contribution < 1.29 is 23.1 Å². The van der Waals surface area contributed by atoms with E-state index < -0.39 is 17.8 Å². The molecule has 2 N–H and O–H groups in total. The van der Waals surface area contributed by atoms with Crippen LogP contribution < -0.4 is 10.5 Å². The summed E-state index contributed by atoms with van der Waals surface area (Å²) >= 11 is 0. The molecule has 1 fully saturated rings. The molecule has 0 aliphatic carbocycles. The Morgan fingerprint density at radius 3 is 2.56 bits per heavy atom. The van der Waals surface area contributed by atoms with Gasteiger partial charge < -0.3 is 15.4 Å². The molecular formula is C24H23F2N3O3. The lowest BCUT2D eigenvalue weighted by molar-refractivity contribution is -0.139. The van der Waals surface area contributed by atoms with Crippen LogP contribution in [0.5, 0.6) is 5.75 Å². The van der Waals surface area contributed by atoms with Gasteiger partial charge in [0.1, 0.15) is 17.4 Å². The summed E-state index contributed by atoms with van der Waals surface area (Å²) in [6, 6.07) is 11.2. The number of halogens is 2. The number of nitrogens with zero attached hydrogens (tertiary/aromatic N) is 2. The van der Waals surface area contributed by atoms with Gasteiger partial charge >= 0.3 is 0 Å². The third-order valence-electron chi connectivity index (χ3n) is 5.67. The average molecular weight is 439 g/mol. The minimum atomic E-state index is -0.762. The molecule has 2 amide bonds. The summed E-state index contributed by atoms with van der Waals surface area (Å²) in [5.41, 5.74) is 6.90. The van der Waals surface area contributed by atoms with Crippen molar-refractivity contribution in [3.05, 3.63) is 71.4 Å². The molecular weight excluding hydrogens is 416 g/mol. The Labute approximate surface area is 184 Å². The van der Waals surface area contributed by atoms with Crippen LogP contribution in [0, 0.1) is 11.6 Å². The molecule has 2 aromatic carbocycles. The summed E-state index contributed by atoms with van der Waals surface area (Å²) in [5, 5.41) is 0.493. The normalized spacial score (nSPS) is 17.2. The lowest BCUT2D eigenvalue weighted by Crippen LogP contribution is -2.45. The Kier molecular flexibility index (Phi) is 6.03. The van der Waals surface area contributed by atoms with Crippen LogP contribution >= 0.6 is 0 Å². The van der Waals surface area contributed by atoms with Crippen LogP contribution in [-0.2, 0) is 4.79 Å². The molecule has 2 heterocycles. The zero-order valence-electron chi connectivity index (χ0n) is 17.6. The zero-order valence-corrected chi connectivity index (χ0v) is 17.6. The van der Waals surface area contributed by atoms with Crippen molar-refractivity contribution >= 4 is 22.7 Å². The largest absolute Gasteiger partial charge is 0.481 e. The maximum absolute atomic E-state index is 13.6. The monoisotopic (exact) mass is 439 g/mol. The van der Waals surface area contributed by atoms with Crippen molar-refractivity contribution in [2.75, 3.05) is 13.1 Å². The van der Waals surface area contributed by atoms with Gasteiger partial charge in [0.05, 0.1) is 16.8 Å². The first-order valence-electron chi connectivity index (χ1n) is 10.4. The molecule has 1 aliphatic heterocycles. The molecule has 3 aromatic rings. The van der Waals surface area contributed by atoms with E-state index in [1.165, 1.54) is 36.4 Å². The van der Waals surface area contributed by atoms with E-state index in [0.29, 0.717) is 35.4 Å². The number of rotatable bonds is 5. The maximum atomic E-state index is 13.6. The van der Waals surface area contributed by atoms with Crippen LogP contribution in [0.1, 0.15) is 41.7 Å². The van der Waals surface area contributed by atoms with Gasteiger partial charge in [0.25, 0.3) is 11.8 Å². The van der Waals surface area contributed by atoms with Crippen LogP contribution in [0.25, 0.3) is 10.9 Å². The number of hydrogen-bond acceptors (Lipinski definition) is 4. The van der Waals surface area contributed by atoms with Crippen LogP contribution in [0.3, 0.4) is 0 Å². The lowest BCUT2D eigenvalue weighted by atomic mass is 9.90. The summed E-state index contributed by atoms with van der Waals surface area (Å²) in [5.74, 6) is -1.45. The maximum Gasteiger partial charge on any atom is 0.263 e. The summed E-state index contributed by atoms with van der Waals surface area (Å²) in [4.78, 5) is 31.4. The Morgan fingerprint density at radius 2 is 1.84 bits per heavy atom. The van der Waals surface area contributed by atoms with E-state index in [9.17, 15) is 18.4 Å². The van der Waals surface area contributed by atoms with Crippen molar-refractivity contribution in [1.82, 2.24) is 9.88 Å². The second-order valence-electron chi connectivity index (χ2n) is 7.96. The highest BCUT2D eigenvalue weighted by molar-refractivity contribution is 5.98. The van der Waals surface area contributed by atoms with Gasteiger partial charge in [0.2, 0.25) is 0 Å². The molecule has 1 aromatic heterocycles. The van der Waals surface area contributed by atoms with Gasteiger partial charge in [-0.3, -0.25) is 14.6 Å². The molecule has 0 unspecified atom stereocenters. The van der Waals surface area contributed by atoms with Gasteiger partial charge in [-0.2, -0.15) is 0 Å². The quantitative estimate of drug-likeness (QED) is 0.656. The molecule has 0 bridgehead atoms. The van der Waals surface area contributed by atoms with E-state index in [0.717, 1.165) is 12.8 Å². The van der Waals surface area contributed by atoms with E-state index in [1.807, 2.05) is 0 Å². The first-order chi connectivity index (χ1) is 15.3. The molecule has 166 valence electrons. The van der Waals surface area contributed by atoms with Gasteiger partial charge in [-0.1, -0.05) is 0 Å². The lowest BCUT2D eigenvalue weighted by Gasteiger charge is -2.34. The Hall–Kier alpha value is -3.55. The van der Waals surface area contributed by atoms with E-state index in [-0.39, 0.29) is 23.2 Å². The van der Waals surface area contributed by atoms with Gasteiger partial charge in [0, 0.05) is 24.4 Å². The first-order valence-corrected chi connectivity index (χ1v) is 10.4. The third kappa shape index (κ3) is 4.54. The topological polar surface area (TPSA) is 85.5 Å². The molecule has 0 radical (unpaired) electrons. The van der Waals surface area contributed by atoms with Gasteiger partial charge in [0.15, 0.2) is 6.10 Å². The Bertz CT molecular complexity index is 1170. The van der Waals surface area contributed by atoms with Gasteiger partial charge in [-0.25, -0.2) is 8.78 Å². The van der Waals surface area contributed by atoms with E-state index in [1.54, 1.807) is 24.0 Å². The molecule has 8 heteroatoms. The number of ether oxygens (including phenoxy) is 1. The van der Waals surface area contributed by atoms with Crippen molar-refractivity contribution in [1.29, 1.82) is 0 Å². The smallest absolute Gasteiger partial charge is 0.263 e. The number of primary amides is 1. The molecule has 2 atom stereocenters. The summed E-state index contributed by atoms with van der Waals surface area (Å²) in [7, 11) is 0. The fourth-order valence-corrected chi connectivity index (χ4v) is 4.10. The molecule has 32 heavy (non-hydrogen) atoms. The molecule has 0 spiro atoms. The number of carbonyl (C=O) groups is 2. The number of piperidine rings is 1. The molecule has 4 rings (SSSR count). The number of likely N-dealkylation sites (tertiary alicyclic amines) is 1. The summed E-state index contributed by atoms with van der Waals surface area (Å²) < 4.78 is 32.4. The van der Waals surface area contributed by atoms with E-state index in [4.69, 9.17) is 10.5 Å². The molecule has 1 aliphatic rings. The van der Waals surface area contributed by atoms with Gasteiger partial charge in [-0.15, -0.1) is 0 Å². The van der Waals surface area contributed by atoms with Crippen molar-refractivity contribution in [3.63, 3.8) is 0 Å². The number of amides is 2. The highest BCUT2D eigenvalue weighted by atomic mass is 19.1. The molecule has 0 saturated carbocycles. The highest BCUT2D eigenvalue weighted by Crippen LogP contribution is 2.31. The second-order valence-corrected chi connectivity index (χ2v) is 7.96. The van der Waals surface area contributed by atoms with E-state index in [2.05, 4.69) is 4.98 Å². The average Bonchev–Trinajstić information content (AvgIpc) is 2.79. The summed E-state index contributed by atoms with van der Waals surface area (Å²) in [6.45, 7) is 2.56. The predicted molar refractivity (Wildman–Crippen MR) is 115 cm³/mol. The zero-order chi connectivity index (χ0) is 22.8. The fraction of sp³-hybridized carbons (Fsp3) is 0.292. The number of pyridine rings is 1. The van der Waals surface area contributed by atoms with Crippen molar-refractivity contribution in [2.45, 2.75) is 31.8 Å². The van der Waals surface area contributed by atoms with Crippen molar-refractivity contribution in [3.8, 4) is 5.75 Å². The Morgan fingerprint density at radius 1 is 1.12 bits per heavy atom. The minimum Gasteiger partial charge on any atom is -0.481 e. The predicted octanol–water partition coefficient (Wildman–Crippen LogP) is 3.79. The van der Waals surface area contributed by atoms with Crippen LogP contribution in [0.2, 0.25) is 0 Å². The van der Waals surface area contributed by atoms with Crippen LogP contribution in [0.15, 0.2) is 48.5 Å². The number of nitrogens with two attached hydrogens (primary N) is 1. The molecule has 1 saturated heterocycles. The number of benzene rings is 2. The molecule has 6 nitrogen and oxygen atoms in total. The number of fused-ring (bicyclic) bond motifs is 1. The first kappa shape index (κ1) is 21.7. The number of hydrogen-bond donors (Lipinski definition) is 1. The Balaban J connectivity index is 1.55. The van der Waals surface area contributed by atoms with E-state index >= 15 is 0 Å². The minimum absolute atomic E-state index is 0.192. The second kappa shape index (κ2) is 8.90.